The molecular weight excluding hydrogens is 537 g/mol. The van der Waals surface area contributed by atoms with Crippen molar-refractivity contribution in [2.75, 3.05) is 26.5 Å². The van der Waals surface area contributed by atoms with Crippen LogP contribution in [0.3, 0.4) is 0 Å². The lowest BCUT2D eigenvalue weighted by Crippen LogP contribution is -2.40. The van der Waals surface area contributed by atoms with Crippen LogP contribution in [0.15, 0.2) is 46.3 Å². The maximum absolute atomic E-state index is 14.0. The molecule has 1 saturated carbocycles. The highest BCUT2D eigenvalue weighted by molar-refractivity contribution is 7.89. The van der Waals surface area contributed by atoms with E-state index in [9.17, 15) is 22.4 Å². The molecule has 0 saturated heterocycles. The third-order valence-electron chi connectivity index (χ3n) is 6.97. The van der Waals surface area contributed by atoms with Gasteiger partial charge in [0.05, 0.1) is 18.4 Å². The maximum Gasteiger partial charge on any atom is 0.249 e. The molecule has 0 unspecified atom stereocenters. The Morgan fingerprint density at radius 3 is 2.48 bits per heavy atom. The number of anilines is 1. The van der Waals surface area contributed by atoms with E-state index in [2.05, 4.69) is 15.6 Å². The van der Waals surface area contributed by atoms with Crippen LogP contribution in [-0.2, 0) is 26.0 Å². The molecule has 2 aromatic carbocycles. The fourth-order valence-electron chi connectivity index (χ4n) is 4.67. The van der Waals surface area contributed by atoms with Crippen LogP contribution in [0.4, 0.5) is 10.1 Å². The van der Waals surface area contributed by atoms with E-state index in [1.165, 1.54) is 45.5 Å². The molecule has 0 bridgehead atoms. The standard InChI is InChI=1S/C28H38FN5O5S/c1-18-10-12-21(40(37,38)34(2)3)17-23(18)31-27(36)24(15-19-8-6-5-7-9-19)32-28(30)33-26(35)16-20-11-13-25(39-4)22(29)14-20/h10-14,17,19,24H,5-9,15-16H2,1-4H3,(H,31,36)(H3,30,32,33,35)/t24-/m1/s1. The molecule has 3 rings (SSSR count). The Hall–Kier alpha value is -3.51. The zero-order chi connectivity index (χ0) is 29.4. The second-order valence-electron chi connectivity index (χ2n) is 10.2. The van der Waals surface area contributed by atoms with Crippen molar-refractivity contribution in [1.82, 2.24) is 9.62 Å². The number of carbonyl (C=O) groups is 2. The maximum atomic E-state index is 14.0. The Morgan fingerprint density at radius 1 is 1.15 bits per heavy atom. The minimum atomic E-state index is -3.70. The van der Waals surface area contributed by atoms with Crippen molar-refractivity contribution < 1.29 is 27.1 Å². The van der Waals surface area contributed by atoms with Gasteiger partial charge in [0, 0.05) is 19.8 Å². The minimum Gasteiger partial charge on any atom is -0.494 e. The van der Waals surface area contributed by atoms with Crippen LogP contribution in [0.2, 0.25) is 0 Å². The van der Waals surface area contributed by atoms with Crippen molar-refractivity contribution in [1.29, 1.82) is 0 Å². The zero-order valence-electron chi connectivity index (χ0n) is 23.4. The van der Waals surface area contributed by atoms with Gasteiger partial charge in [-0.25, -0.2) is 22.1 Å². The number of amides is 2. The van der Waals surface area contributed by atoms with E-state index in [1.807, 2.05) is 0 Å². The first kappa shape index (κ1) is 31.0. The average Bonchev–Trinajstić information content (AvgIpc) is 2.90. The van der Waals surface area contributed by atoms with E-state index >= 15 is 0 Å². The fraction of sp³-hybridized carbons (Fsp3) is 0.464. The Morgan fingerprint density at radius 2 is 1.85 bits per heavy atom. The van der Waals surface area contributed by atoms with Gasteiger partial charge in [-0.15, -0.1) is 0 Å². The lowest BCUT2D eigenvalue weighted by Gasteiger charge is -2.25. The van der Waals surface area contributed by atoms with Crippen LogP contribution in [0.25, 0.3) is 0 Å². The summed E-state index contributed by atoms with van der Waals surface area (Å²) in [4.78, 5) is 30.4. The van der Waals surface area contributed by atoms with Gasteiger partial charge in [-0.3, -0.25) is 14.9 Å². The molecule has 1 atom stereocenters. The number of rotatable bonds is 10. The van der Waals surface area contributed by atoms with E-state index in [4.69, 9.17) is 10.5 Å². The topological polar surface area (TPSA) is 143 Å². The number of nitrogens with zero attached hydrogens (tertiary/aromatic N) is 2. The Balaban J connectivity index is 1.78. The number of aryl methyl sites for hydroxylation is 1. The van der Waals surface area contributed by atoms with Gasteiger partial charge in [0.15, 0.2) is 17.5 Å². The molecule has 0 heterocycles. The number of carbonyl (C=O) groups excluding carboxylic acids is 2. The smallest absolute Gasteiger partial charge is 0.249 e. The average molecular weight is 576 g/mol. The van der Waals surface area contributed by atoms with Gasteiger partial charge >= 0.3 is 0 Å². The summed E-state index contributed by atoms with van der Waals surface area (Å²) >= 11 is 0. The molecule has 4 N–H and O–H groups in total. The van der Waals surface area contributed by atoms with Crippen LogP contribution in [0, 0.1) is 18.7 Å². The second-order valence-corrected chi connectivity index (χ2v) is 12.4. The summed E-state index contributed by atoms with van der Waals surface area (Å²) in [6, 6.07) is 7.83. The van der Waals surface area contributed by atoms with Crippen LogP contribution < -0.4 is 21.1 Å². The lowest BCUT2D eigenvalue weighted by atomic mass is 9.84. The lowest BCUT2D eigenvalue weighted by molar-refractivity contribution is -0.119. The molecule has 1 aliphatic carbocycles. The van der Waals surface area contributed by atoms with Crippen molar-refractivity contribution >= 4 is 33.5 Å². The Kier molecular flexibility index (Phi) is 10.6. The number of nitrogens with two attached hydrogens (primary N) is 1. The van der Waals surface area contributed by atoms with Crippen LogP contribution in [0.5, 0.6) is 5.75 Å². The van der Waals surface area contributed by atoms with Gasteiger partial charge in [0.1, 0.15) is 6.04 Å². The van der Waals surface area contributed by atoms with Crippen molar-refractivity contribution in [2.24, 2.45) is 16.6 Å². The summed E-state index contributed by atoms with van der Waals surface area (Å²) in [5.41, 5.74) is 7.49. The van der Waals surface area contributed by atoms with E-state index in [1.54, 1.807) is 19.1 Å². The molecule has 0 spiro atoms. The predicted molar refractivity (Wildman–Crippen MR) is 152 cm³/mol. The summed E-state index contributed by atoms with van der Waals surface area (Å²) in [7, 11) is 0.520. The molecule has 0 aliphatic heterocycles. The van der Waals surface area contributed by atoms with Gasteiger partial charge in [-0.2, -0.15) is 0 Å². The quantitative estimate of drug-likeness (QED) is 0.293. The van der Waals surface area contributed by atoms with Gasteiger partial charge in [0.2, 0.25) is 21.8 Å². The number of methoxy groups -OCH3 is 1. The van der Waals surface area contributed by atoms with E-state index < -0.39 is 33.7 Å². The molecule has 218 valence electrons. The summed E-state index contributed by atoms with van der Waals surface area (Å²) in [6.45, 7) is 1.76. The van der Waals surface area contributed by atoms with Crippen LogP contribution in [0.1, 0.15) is 49.7 Å². The van der Waals surface area contributed by atoms with Crippen LogP contribution in [-0.4, -0.2) is 57.7 Å². The third kappa shape index (κ3) is 8.25. The van der Waals surface area contributed by atoms with Crippen molar-refractivity contribution in [3.63, 3.8) is 0 Å². The van der Waals surface area contributed by atoms with Crippen LogP contribution >= 0.6 is 0 Å². The second kappa shape index (κ2) is 13.7. The van der Waals surface area contributed by atoms with E-state index in [0.717, 1.165) is 36.4 Å². The highest BCUT2D eigenvalue weighted by Gasteiger charge is 2.26. The Bertz CT molecular complexity index is 1360. The number of benzene rings is 2. The predicted octanol–water partition coefficient (Wildman–Crippen LogP) is 3.34. The molecule has 2 amide bonds. The number of sulfonamides is 1. The molecule has 12 heteroatoms. The van der Waals surface area contributed by atoms with E-state index in [0.29, 0.717) is 23.2 Å². The highest BCUT2D eigenvalue weighted by atomic mass is 32.2. The van der Waals surface area contributed by atoms with Crippen molar-refractivity contribution in [3.8, 4) is 5.75 Å². The fourth-order valence-corrected chi connectivity index (χ4v) is 5.60. The third-order valence-corrected chi connectivity index (χ3v) is 8.78. The summed E-state index contributed by atoms with van der Waals surface area (Å²) in [5, 5.41) is 5.30. The minimum absolute atomic E-state index is 0.0486. The first-order valence-electron chi connectivity index (χ1n) is 13.2. The largest absolute Gasteiger partial charge is 0.494 e. The summed E-state index contributed by atoms with van der Waals surface area (Å²) in [6.07, 6.45) is 5.49. The normalized spacial score (nSPS) is 15.5. The van der Waals surface area contributed by atoms with Crippen molar-refractivity contribution in [2.45, 2.75) is 62.8 Å². The molecule has 40 heavy (non-hydrogen) atoms. The van der Waals surface area contributed by atoms with Gasteiger partial charge in [-0.05, 0) is 54.7 Å². The number of aliphatic imine (C=N–C) groups is 1. The summed E-state index contributed by atoms with van der Waals surface area (Å²) in [5.74, 6) is -1.45. The Labute approximate surface area is 235 Å². The number of halogens is 1. The number of hydrogen-bond acceptors (Lipinski definition) is 6. The highest BCUT2D eigenvalue weighted by Crippen LogP contribution is 2.29. The first-order chi connectivity index (χ1) is 18.9. The molecule has 2 aromatic rings. The number of guanidine groups is 1. The van der Waals surface area contributed by atoms with Crippen molar-refractivity contribution in [3.05, 3.63) is 53.3 Å². The zero-order valence-corrected chi connectivity index (χ0v) is 24.2. The molecule has 10 nitrogen and oxygen atoms in total. The van der Waals surface area contributed by atoms with Gasteiger partial charge < -0.3 is 15.8 Å². The molecular formula is C28H38FN5O5S. The summed E-state index contributed by atoms with van der Waals surface area (Å²) < 4.78 is 45.2. The molecule has 0 aromatic heterocycles. The molecule has 1 aliphatic rings. The van der Waals surface area contributed by atoms with Gasteiger partial charge in [0.25, 0.3) is 0 Å². The number of hydrogen-bond donors (Lipinski definition) is 3. The number of ether oxygens (including phenoxy) is 1. The van der Waals surface area contributed by atoms with Gasteiger partial charge in [-0.1, -0.05) is 44.2 Å². The molecule has 1 fully saturated rings. The SMILES string of the molecule is COc1ccc(CC(=O)NC(N)=N[C@H](CC2CCCCC2)C(=O)Nc2cc(S(=O)(=O)N(C)C)ccc2C)cc1F. The van der Waals surface area contributed by atoms with E-state index in [-0.39, 0.29) is 28.9 Å². The number of nitrogens with one attached hydrogen (secondary N) is 2. The molecule has 0 radical (unpaired) electrons. The monoisotopic (exact) mass is 575 g/mol. The first-order valence-corrected chi connectivity index (χ1v) is 14.6.